The molecule has 0 amide bonds. The van der Waals surface area contributed by atoms with Gasteiger partial charge in [0, 0.05) is 6.42 Å². The van der Waals surface area contributed by atoms with Gasteiger partial charge in [0.1, 0.15) is 5.75 Å². The van der Waals surface area contributed by atoms with Crippen molar-refractivity contribution in [3.8, 4) is 5.75 Å². The van der Waals surface area contributed by atoms with Crippen molar-refractivity contribution in [1.29, 1.82) is 0 Å². The van der Waals surface area contributed by atoms with Crippen molar-refractivity contribution < 1.29 is 24.1 Å². The number of hydrogen-bond donors (Lipinski definition) is 1. The number of rotatable bonds is 6. The van der Waals surface area contributed by atoms with Crippen molar-refractivity contribution >= 4 is 11.7 Å². The van der Waals surface area contributed by atoms with Gasteiger partial charge in [-0.1, -0.05) is 17.3 Å². The standard InChI is InChI=1S/C14H14N2O6/c1-8-13(16(19)20)12(22-15-8)7-11(14(17)18)9-4-3-5-10(6-9)21-2/h3-6,11H,7H2,1-2H3,(H,17,18). The molecule has 0 aliphatic heterocycles. The Bertz CT molecular complexity index is 709. The fraction of sp³-hybridized carbons (Fsp3) is 0.286. The summed E-state index contributed by atoms with van der Waals surface area (Å²) in [6.07, 6.45) is -0.167. The fourth-order valence-corrected chi connectivity index (χ4v) is 2.17. The lowest BCUT2D eigenvalue weighted by Gasteiger charge is -2.12. The molecule has 2 aromatic rings. The highest BCUT2D eigenvalue weighted by Gasteiger charge is 2.30. The molecule has 8 nitrogen and oxygen atoms in total. The summed E-state index contributed by atoms with van der Waals surface area (Å²) >= 11 is 0. The smallest absolute Gasteiger partial charge is 0.334 e. The highest BCUT2D eigenvalue weighted by atomic mass is 16.6. The summed E-state index contributed by atoms with van der Waals surface area (Å²) in [5, 5.41) is 24.0. The fourth-order valence-electron chi connectivity index (χ4n) is 2.17. The highest BCUT2D eigenvalue weighted by Crippen LogP contribution is 2.30. The van der Waals surface area contributed by atoms with E-state index in [1.54, 1.807) is 24.3 Å². The maximum absolute atomic E-state index is 11.5. The molecule has 0 bridgehead atoms. The van der Waals surface area contributed by atoms with Crippen LogP contribution in [-0.2, 0) is 11.2 Å². The third-order valence-electron chi connectivity index (χ3n) is 3.27. The van der Waals surface area contributed by atoms with E-state index in [1.165, 1.54) is 14.0 Å². The van der Waals surface area contributed by atoms with E-state index in [9.17, 15) is 20.0 Å². The molecular weight excluding hydrogens is 292 g/mol. The quantitative estimate of drug-likeness (QED) is 0.643. The van der Waals surface area contributed by atoms with Crippen LogP contribution in [0.1, 0.15) is 22.9 Å². The van der Waals surface area contributed by atoms with Crippen molar-refractivity contribution in [2.45, 2.75) is 19.3 Å². The van der Waals surface area contributed by atoms with E-state index < -0.39 is 16.8 Å². The second kappa shape index (κ2) is 6.25. The summed E-state index contributed by atoms with van der Waals surface area (Å²) in [6, 6.07) is 6.54. The molecule has 22 heavy (non-hydrogen) atoms. The molecule has 0 radical (unpaired) electrons. The van der Waals surface area contributed by atoms with Gasteiger partial charge in [0.05, 0.1) is 18.0 Å². The van der Waals surface area contributed by atoms with Crippen LogP contribution in [0, 0.1) is 17.0 Å². The first kappa shape index (κ1) is 15.5. The molecule has 0 aliphatic rings. The van der Waals surface area contributed by atoms with Crippen LogP contribution in [0.5, 0.6) is 5.75 Å². The lowest BCUT2D eigenvalue weighted by Crippen LogP contribution is -2.15. The molecule has 1 N–H and O–H groups in total. The van der Waals surface area contributed by atoms with Crippen molar-refractivity contribution in [3.05, 3.63) is 51.4 Å². The lowest BCUT2D eigenvalue weighted by molar-refractivity contribution is -0.386. The Morgan fingerprint density at radius 3 is 2.86 bits per heavy atom. The van der Waals surface area contributed by atoms with Crippen LogP contribution >= 0.6 is 0 Å². The average molecular weight is 306 g/mol. The van der Waals surface area contributed by atoms with E-state index in [1.807, 2.05) is 0 Å². The van der Waals surface area contributed by atoms with E-state index >= 15 is 0 Å². The average Bonchev–Trinajstić information content (AvgIpc) is 2.85. The van der Waals surface area contributed by atoms with Gasteiger partial charge in [-0.2, -0.15) is 0 Å². The van der Waals surface area contributed by atoms with E-state index in [0.717, 1.165) is 0 Å². The Kier molecular flexibility index (Phi) is 4.40. The first-order valence-electron chi connectivity index (χ1n) is 6.40. The Morgan fingerprint density at radius 2 is 2.27 bits per heavy atom. The molecule has 0 fully saturated rings. The summed E-state index contributed by atoms with van der Waals surface area (Å²) in [6.45, 7) is 1.44. The summed E-state index contributed by atoms with van der Waals surface area (Å²) in [5.41, 5.74) is 0.305. The minimum atomic E-state index is -1.11. The molecule has 0 aliphatic carbocycles. The molecule has 0 saturated heterocycles. The van der Waals surface area contributed by atoms with Gasteiger partial charge in [0.15, 0.2) is 5.69 Å². The van der Waals surface area contributed by atoms with E-state index in [4.69, 9.17) is 9.26 Å². The molecule has 116 valence electrons. The second-order valence-corrected chi connectivity index (χ2v) is 4.67. The molecule has 8 heteroatoms. The number of nitrogens with zero attached hydrogens (tertiary/aromatic N) is 2. The third-order valence-corrected chi connectivity index (χ3v) is 3.27. The zero-order valence-electron chi connectivity index (χ0n) is 12.0. The van der Waals surface area contributed by atoms with Crippen molar-refractivity contribution in [2.24, 2.45) is 0 Å². The van der Waals surface area contributed by atoms with Crippen LogP contribution in [0.4, 0.5) is 5.69 Å². The summed E-state index contributed by atoms with van der Waals surface area (Å²) in [5.74, 6) is -1.66. The molecule has 1 aromatic heterocycles. The van der Waals surface area contributed by atoms with Crippen LogP contribution in [0.25, 0.3) is 0 Å². The summed E-state index contributed by atoms with van der Waals surface area (Å²) < 4.78 is 9.99. The maximum Gasteiger partial charge on any atom is 0.334 e. The number of carbonyl (C=O) groups is 1. The number of benzene rings is 1. The van der Waals surface area contributed by atoms with Crippen molar-refractivity contribution in [3.63, 3.8) is 0 Å². The molecule has 2 rings (SSSR count). The van der Waals surface area contributed by atoms with Gasteiger partial charge in [-0.3, -0.25) is 14.9 Å². The molecule has 1 aromatic carbocycles. The van der Waals surface area contributed by atoms with Gasteiger partial charge in [-0.15, -0.1) is 0 Å². The molecule has 0 spiro atoms. The van der Waals surface area contributed by atoms with Gasteiger partial charge >= 0.3 is 11.7 Å². The van der Waals surface area contributed by atoms with Gasteiger partial charge in [0.2, 0.25) is 5.76 Å². The molecule has 1 atom stereocenters. The zero-order chi connectivity index (χ0) is 16.3. The number of aryl methyl sites for hydroxylation is 1. The number of aromatic nitrogens is 1. The molecule has 1 unspecified atom stereocenters. The minimum Gasteiger partial charge on any atom is -0.497 e. The topological polar surface area (TPSA) is 116 Å². The van der Waals surface area contributed by atoms with Crippen LogP contribution in [0.3, 0.4) is 0 Å². The number of ether oxygens (including phenoxy) is 1. The predicted molar refractivity (Wildman–Crippen MR) is 75.0 cm³/mol. The first-order valence-corrected chi connectivity index (χ1v) is 6.40. The molecule has 0 saturated carbocycles. The Morgan fingerprint density at radius 1 is 1.55 bits per heavy atom. The lowest BCUT2D eigenvalue weighted by atomic mass is 9.94. The first-order chi connectivity index (χ1) is 10.4. The van der Waals surface area contributed by atoms with Crippen LogP contribution in [0.15, 0.2) is 28.8 Å². The predicted octanol–water partition coefficient (Wildman–Crippen LogP) is 2.31. The van der Waals surface area contributed by atoms with E-state index in [-0.39, 0.29) is 23.6 Å². The van der Waals surface area contributed by atoms with E-state index in [2.05, 4.69) is 5.16 Å². The van der Waals surface area contributed by atoms with E-state index in [0.29, 0.717) is 11.3 Å². The summed E-state index contributed by atoms with van der Waals surface area (Å²) in [4.78, 5) is 21.9. The van der Waals surface area contributed by atoms with Gasteiger partial charge < -0.3 is 14.4 Å². The monoisotopic (exact) mass is 306 g/mol. The van der Waals surface area contributed by atoms with Gasteiger partial charge in [-0.05, 0) is 24.6 Å². The van der Waals surface area contributed by atoms with Crippen molar-refractivity contribution in [1.82, 2.24) is 5.16 Å². The van der Waals surface area contributed by atoms with Crippen molar-refractivity contribution in [2.75, 3.05) is 7.11 Å². The molecule has 1 heterocycles. The number of aliphatic carboxylic acids is 1. The molecular formula is C14H14N2O6. The second-order valence-electron chi connectivity index (χ2n) is 4.67. The van der Waals surface area contributed by atoms with Crippen LogP contribution < -0.4 is 4.74 Å². The maximum atomic E-state index is 11.5. The number of hydrogen-bond acceptors (Lipinski definition) is 6. The normalized spacial score (nSPS) is 11.9. The Balaban J connectivity index is 2.38. The SMILES string of the molecule is COc1cccc(C(Cc2onc(C)c2[N+](=O)[O-])C(=O)O)c1. The number of methoxy groups -OCH3 is 1. The Labute approximate surface area is 125 Å². The number of carboxylic acid groups (broad SMARTS) is 1. The number of nitro groups is 1. The van der Waals surface area contributed by atoms with Gasteiger partial charge in [-0.25, -0.2) is 0 Å². The Hall–Kier alpha value is -2.90. The minimum absolute atomic E-state index is 0.0577. The zero-order valence-corrected chi connectivity index (χ0v) is 12.0. The third kappa shape index (κ3) is 3.05. The summed E-state index contributed by atoms with van der Waals surface area (Å²) in [7, 11) is 1.47. The largest absolute Gasteiger partial charge is 0.497 e. The highest BCUT2D eigenvalue weighted by molar-refractivity contribution is 5.76. The van der Waals surface area contributed by atoms with Crippen LogP contribution in [-0.4, -0.2) is 28.3 Å². The number of carboxylic acids is 1. The van der Waals surface area contributed by atoms with Crippen LogP contribution in [0.2, 0.25) is 0 Å². The van der Waals surface area contributed by atoms with Gasteiger partial charge in [0.25, 0.3) is 0 Å².